The summed E-state index contributed by atoms with van der Waals surface area (Å²) in [5, 5.41) is 1.39. The van der Waals surface area contributed by atoms with Gasteiger partial charge in [0.05, 0.1) is 5.60 Å². The number of rotatable bonds is 3. The van der Waals surface area contributed by atoms with Crippen molar-refractivity contribution in [1.29, 1.82) is 0 Å². The molecule has 2 aliphatic rings. The molecule has 0 aliphatic carbocycles. The molecule has 2 heterocycles. The topological polar surface area (TPSA) is 35.2 Å². The van der Waals surface area contributed by atoms with E-state index in [0.717, 1.165) is 42.2 Å². The van der Waals surface area contributed by atoms with Crippen LogP contribution in [0.1, 0.15) is 24.8 Å². The average Bonchev–Trinajstić information content (AvgIpc) is 2.90. The van der Waals surface area contributed by atoms with Gasteiger partial charge in [-0.25, -0.2) is 0 Å². The minimum Gasteiger partial charge on any atom is -0.374 e. The normalized spacial score (nSPS) is 30.7. The quantitative estimate of drug-likeness (QED) is 0.892. The van der Waals surface area contributed by atoms with E-state index in [2.05, 4.69) is 0 Å². The highest BCUT2D eigenvalue weighted by Gasteiger charge is 2.41. The molecule has 2 aliphatic heterocycles. The maximum atomic E-state index is 6.48. The van der Waals surface area contributed by atoms with E-state index in [9.17, 15) is 0 Å². The maximum absolute atomic E-state index is 6.48. The van der Waals surface area contributed by atoms with Crippen LogP contribution in [0, 0.1) is 5.92 Å². The molecule has 2 fully saturated rings. The van der Waals surface area contributed by atoms with Gasteiger partial charge >= 0.3 is 0 Å². The maximum Gasteiger partial charge on any atom is 0.0783 e. The van der Waals surface area contributed by atoms with Crippen LogP contribution in [-0.2, 0) is 11.2 Å². The highest BCUT2D eigenvalue weighted by atomic mass is 35.5. The molecule has 1 aromatic carbocycles. The first-order valence-corrected chi connectivity index (χ1v) is 9.40. The lowest BCUT2D eigenvalue weighted by Crippen LogP contribution is -2.46. The smallest absolute Gasteiger partial charge is 0.0783 e. The molecule has 2 N–H and O–H groups in total. The van der Waals surface area contributed by atoms with E-state index in [1.54, 1.807) is 6.07 Å². The zero-order valence-corrected chi connectivity index (χ0v) is 14.3. The van der Waals surface area contributed by atoms with E-state index in [4.69, 9.17) is 33.7 Å². The van der Waals surface area contributed by atoms with Crippen LogP contribution >= 0.6 is 35.0 Å². The fourth-order valence-corrected chi connectivity index (χ4v) is 5.27. The van der Waals surface area contributed by atoms with E-state index in [0.29, 0.717) is 10.9 Å². The fraction of sp³-hybridized carbons (Fsp3) is 0.625. The monoisotopic (exact) mass is 345 g/mol. The lowest BCUT2D eigenvalue weighted by molar-refractivity contribution is -0.0831. The van der Waals surface area contributed by atoms with Crippen molar-refractivity contribution in [3.8, 4) is 0 Å². The third-order valence-electron chi connectivity index (χ3n) is 4.67. The highest BCUT2D eigenvalue weighted by Crippen LogP contribution is 2.41. The number of hydrogen-bond acceptors (Lipinski definition) is 3. The number of hydrogen-bond donors (Lipinski definition) is 1. The summed E-state index contributed by atoms with van der Waals surface area (Å²) in [6.45, 7) is 0.841. The molecular weight excluding hydrogens is 325 g/mol. The van der Waals surface area contributed by atoms with Crippen molar-refractivity contribution < 1.29 is 4.74 Å². The van der Waals surface area contributed by atoms with Crippen molar-refractivity contribution >= 4 is 35.0 Å². The molecule has 0 bridgehead atoms. The van der Waals surface area contributed by atoms with Crippen LogP contribution in [0.2, 0.25) is 10.0 Å². The molecule has 0 saturated carbocycles. The van der Waals surface area contributed by atoms with Crippen molar-refractivity contribution in [3.05, 3.63) is 33.8 Å². The van der Waals surface area contributed by atoms with Crippen LogP contribution in [0.4, 0.5) is 0 Å². The standard InChI is InChI=1S/C16H21Cl2NOS/c17-13-2-1-11(14(18)8-13)7-15(19)12-3-5-20-16(9-12)4-6-21-10-16/h1-2,8,12,15H,3-7,9-10,19H2. The van der Waals surface area contributed by atoms with E-state index in [1.165, 1.54) is 12.2 Å². The van der Waals surface area contributed by atoms with Crippen LogP contribution in [0.15, 0.2) is 18.2 Å². The third-order valence-corrected chi connectivity index (χ3v) is 6.48. The van der Waals surface area contributed by atoms with Gasteiger partial charge in [0, 0.05) is 28.4 Å². The number of ether oxygens (including phenoxy) is 1. The van der Waals surface area contributed by atoms with Gasteiger partial charge in [-0.1, -0.05) is 29.3 Å². The zero-order valence-electron chi connectivity index (χ0n) is 12.0. The first-order valence-electron chi connectivity index (χ1n) is 7.49. The van der Waals surface area contributed by atoms with Crippen LogP contribution in [0.3, 0.4) is 0 Å². The Bertz CT molecular complexity index is 505. The minimum atomic E-state index is 0.0923. The Kier molecular flexibility index (Phi) is 5.07. The molecular formula is C16H21Cl2NOS. The second-order valence-electron chi connectivity index (χ2n) is 6.19. The Labute approximate surface area is 140 Å². The Morgan fingerprint density at radius 3 is 3.00 bits per heavy atom. The summed E-state index contributed by atoms with van der Waals surface area (Å²) in [6, 6.07) is 5.80. The van der Waals surface area contributed by atoms with Gasteiger partial charge in [0.1, 0.15) is 0 Å². The number of thioether (sulfide) groups is 1. The molecule has 116 valence electrons. The molecule has 0 amide bonds. The molecule has 5 heteroatoms. The van der Waals surface area contributed by atoms with Crippen molar-refractivity contribution in [2.45, 2.75) is 37.3 Å². The van der Waals surface area contributed by atoms with Gasteiger partial charge in [0.2, 0.25) is 0 Å². The Morgan fingerprint density at radius 1 is 1.43 bits per heavy atom. The van der Waals surface area contributed by atoms with E-state index >= 15 is 0 Å². The molecule has 3 rings (SSSR count). The second kappa shape index (κ2) is 6.67. The number of nitrogens with two attached hydrogens (primary N) is 1. The van der Waals surface area contributed by atoms with E-state index in [1.807, 2.05) is 23.9 Å². The summed E-state index contributed by atoms with van der Waals surface area (Å²) in [5.41, 5.74) is 7.67. The van der Waals surface area contributed by atoms with Gasteiger partial charge < -0.3 is 10.5 Å². The van der Waals surface area contributed by atoms with Crippen LogP contribution in [-0.4, -0.2) is 29.8 Å². The zero-order chi connectivity index (χ0) is 14.9. The van der Waals surface area contributed by atoms with Crippen LogP contribution in [0.25, 0.3) is 0 Å². The average molecular weight is 346 g/mol. The van der Waals surface area contributed by atoms with E-state index in [-0.39, 0.29) is 11.6 Å². The second-order valence-corrected chi connectivity index (χ2v) is 8.14. The molecule has 1 aromatic rings. The summed E-state index contributed by atoms with van der Waals surface area (Å²) < 4.78 is 6.08. The Morgan fingerprint density at radius 2 is 2.29 bits per heavy atom. The Hall–Kier alpha value is 0.0700. The van der Waals surface area contributed by atoms with E-state index < -0.39 is 0 Å². The van der Waals surface area contributed by atoms with Gasteiger partial charge in [-0.2, -0.15) is 11.8 Å². The summed E-state index contributed by atoms with van der Waals surface area (Å²) in [6.07, 6.45) is 4.12. The predicted octanol–water partition coefficient (Wildman–Crippen LogP) is 4.17. The Balaban J connectivity index is 1.65. The predicted molar refractivity (Wildman–Crippen MR) is 91.5 cm³/mol. The van der Waals surface area contributed by atoms with Crippen LogP contribution < -0.4 is 5.73 Å². The molecule has 3 atom stereocenters. The largest absolute Gasteiger partial charge is 0.374 e. The number of halogens is 2. The molecule has 21 heavy (non-hydrogen) atoms. The van der Waals surface area contributed by atoms with Gasteiger partial charge in [0.15, 0.2) is 0 Å². The lowest BCUT2D eigenvalue weighted by atomic mass is 9.80. The van der Waals surface area contributed by atoms with Gasteiger partial charge in [-0.3, -0.25) is 0 Å². The first kappa shape index (κ1) is 15.9. The van der Waals surface area contributed by atoms with Gasteiger partial charge in [-0.05, 0) is 55.1 Å². The fourth-order valence-electron chi connectivity index (χ4n) is 3.40. The molecule has 0 radical (unpaired) electrons. The SMILES string of the molecule is NC(Cc1ccc(Cl)cc1Cl)C1CCOC2(CCSC2)C1. The van der Waals surface area contributed by atoms with Gasteiger partial charge in [0.25, 0.3) is 0 Å². The summed E-state index contributed by atoms with van der Waals surface area (Å²) in [4.78, 5) is 0. The number of benzene rings is 1. The van der Waals surface area contributed by atoms with Crippen molar-refractivity contribution in [1.82, 2.24) is 0 Å². The highest BCUT2D eigenvalue weighted by molar-refractivity contribution is 7.99. The molecule has 2 saturated heterocycles. The summed E-state index contributed by atoms with van der Waals surface area (Å²) >= 11 is 14.2. The molecule has 2 nitrogen and oxygen atoms in total. The molecule has 1 spiro atoms. The molecule has 0 aromatic heterocycles. The van der Waals surface area contributed by atoms with Crippen molar-refractivity contribution in [2.75, 3.05) is 18.1 Å². The molecule has 3 unspecified atom stereocenters. The summed E-state index contributed by atoms with van der Waals surface area (Å²) in [5.74, 6) is 2.85. The first-order chi connectivity index (χ1) is 10.1. The lowest BCUT2D eigenvalue weighted by Gasteiger charge is -2.40. The van der Waals surface area contributed by atoms with Crippen LogP contribution in [0.5, 0.6) is 0 Å². The van der Waals surface area contributed by atoms with Crippen molar-refractivity contribution in [2.24, 2.45) is 11.7 Å². The van der Waals surface area contributed by atoms with Crippen molar-refractivity contribution in [3.63, 3.8) is 0 Å². The minimum absolute atomic E-state index is 0.0923. The third kappa shape index (κ3) is 3.70. The van der Waals surface area contributed by atoms with Gasteiger partial charge in [-0.15, -0.1) is 0 Å². The summed E-state index contributed by atoms with van der Waals surface area (Å²) in [7, 11) is 0.